The molecule has 1 unspecified atom stereocenters. The average molecular weight is 388 g/mol. The summed E-state index contributed by atoms with van der Waals surface area (Å²) in [5, 5.41) is 10.7. The number of aliphatic hydroxyl groups is 1. The van der Waals surface area contributed by atoms with Crippen LogP contribution in [0.2, 0.25) is 0 Å². The number of halogens is 1. The number of aromatic nitrogens is 2. The Morgan fingerprint density at radius 3 is 2.83 bits per heavy atom. The maximum Gasteiger partial charge on any atom is 0.269 e. The Morgan fingerprint density at radius 2 is 2.04 bits per heavy atom. The zero-order valence-corrected chi connectivity index (χ0v) is 14.1. The first-order chi connectivity index (χ1) is 11.0. The standard InChI is InChI=1S/C16H10BrN3O2S/c17-12-6-10-13(23-12)15(21)20-14(19-10)11-7-16(22,8-18-11)9-4-2-1-3-5-9/h1-8,22H,(H,19,20,21). The van der Waals surface area contributed by atoms with Gasteiger partial charge in [-0.25, -0.2) is 4.98 Å². The van der Waals surface area contributed by atoms with Gasteiger partial charge in [0.1, 0.15) is 16.0 Å². The van der Waals surface area contributed by atoms with Gasteiger partial charge in [0, 0.05) is 6.21 Å². The van der Waals surface area contributed by atoms with Gasteiger partial charge >= 0.3 is 0 Å². The van der Waals surface area contributed by atoms with Crippen LogP contribution in [-0.2, 0) is 5.60 Å². The van der Waals surface area contributed by atoms with Crippen LogP contribution in [0.25, 0.3) is 15.9 Å². The fraction of sp³-hybridized carbons (Fsp3) is 0.0625. The zero-order valence-electron chi connectivity index (χ0n) is 11.7. The summed E-state index contributed by atoms with van der Waals surface area (Å²) in [6, 6.07) is 11.0. The molecule has 2 N–H and O–H groups in total. The number of thiophene rings is 1. The normalized spacial score (nSPS) is 20.2. The van der Waals surface area contributed by atoms with Crippen molar-refractivity contribution in [3.8, 4) is 0 Å². The third kappa shape index (κ3) is 2.46. The predicted molar refractivity (Wildman–Crippen MR) is 94.7 cm³/mol. The van der Waals surface area contributed by atoms with Crippen LogP contribution in [0, 0.1) is 0 Å². The Morgan fingerprint density at radius 1 is 1.26 bits per heavy atom. The molecule has 0 fully saturated rings. The Hall–Kier alpha value is -2.09. The Balaban J connectivity index is 1.82. The molecule has 0 bridgehead atoms. The van der Waals surface area contributed by atoms with Crippen molar-refractivity contribution in [1.29, 1.82) is 0 Å². The van der Waals surface area contributed by atoms with E-state index < -0.39 is 5.60 Å². The number of hydrogen-bond acceptors (Lipinski definition) is 5. The van der Waals surface area contributed by atoms with Crippen LogP contribution in [0.5, 0.6) is 0 Å². The molecule has 7 heteroatoms. The second kappa shape index (κ2) is 5.23. The number of nitrogens with zero attached hydrogens (tertiary/aromatic N) is 2. The number of aliphatic imine (C=N–C) groups is 1. The summed E-state index contributed by atoms with van der Waals surface area (Å²) in [6.45, 7) is 0. The molecular formula is C16H10BrN3O2S. The highest BCUT2D eigenvalue weighted by molar-refractivity contribution is 9.11. The number of nitrogens with one attached hydrogen (secondary N) is 1. The van der Waals surface area contributed by atoms with Gasteiger partial charge in [-0.05, 0) is 33.6 Å². The van der Waals surface area contributed by atoms with Gasteiger partial charge in [0.05, 0.1) is 9.30 Å². The number of benzene rings is 1. The van der Waals surface area contributed by atoms with E-state index in [0.717, 1.165) is 3.79 Å². The van der Waals surface area contributed by atoms with E-state index in [2.05, 4.69) is 30.9 Å². The van der Waals surface area contributed by atoms with Crippen molar-refractivity contribution in [2.75, 3.05) is 0 Å². The number of fused-ring (bicyclic) bond motifs is 1. The van der Waals surface area contributed by atoms with Gasteiger partial charge in [-0.15, -0.1) is 11.3 Å². The van der Waals surface area contributed by atoms with Gasteiger partial charge in [0.25, 0.3) is 5.56 Å². The quantitative estimate of drug-likeness (QED) is 0.708. The van der Waals surface area contributed by atoms with Crippen LogP contribution in [0.15, 0.2) is 56.0 Å². The molecule has 0 amide bonds. The topological polar surface area (TPSA) is 78.3 Å². The lowest BCUT2D eigenvalue weighted by molar-refractivity contribution is 0.173. The molecule has 0 aliphatic carbocycles. The summed E-state index contributed by atoms with van der Waals surface area (Å²) < 4.78 is 1.40. The van der Waals surface area contributed by atoms with Crippen molar-refractivity contribution in [2.45, 2.75) is 5.60 Å². The van der Waals surface area contributed by atoms with Crippen LogP contribution in [0.1, 0.15) is 11.4 Å². The molecular weight excluding hydrogens is 378 g/mol. The zero-order chi connectivity index (χ0) is 16.0. The van der Waals surface area contributed by atoms with Crippen molar-refractivity contribution in [1.82, 2.24) is 9.97 Å². The molecule has 5 nitrogen and oxygen atoms in total. The minimum atomic E-state index is -1.29. The SMILES string of the molecule is O=c1[nH]c(C2=CC(O)(c3ccccc3)C=N2)nc2cc(Br)sc12. The van der Waals surface area contributed by atoms with E-state index >= 15 is 0 Å². The molecule has 1 aliphatic heterocycles. The third-order valence-electron chi connectivity index (χ3n) is 3.59. The van der Waals surface area contributed by atoms with Crippen molar-refractivity contribution in [2.24, 2.45) is 4.99 Å². The first kappa shape index (κ1) is 14.5. The van der Waals surface area contributed by atoms with Crippen molar-refractivity contribution < 1.29 is 5.11 Å². The maximum atomic E-state index is 12.2. The van der Waals surface area contributed by atoms with E-state index in [1.807, 2.05) is 30.3 Å². The number of H-pyrrole nitrogens is 1. The lowest BCUT2D eigenvalue weighted by atomic mass is 9.95. The molecule has 0 saturated heterocycles. The van der Waals surface area contributed by atoms with Crippen LogP contribution in [0.3, 0.4) is 0 Å². The van der Waals surface area contributed by atoms with Crippen LogP contribution in [0.4, 0.5) is 0 Å². The summed E-state index contributed by atoms with van der Waals surface area (Å²) in [7, 11) is 0. The van der Waals surface area contributed by atoms with Crippen LogP contribution < -0.4 is 5.56 Å². The largest absolute Gasteiger partial charge is 0.376 e. The second-order valence-electron chi connectivity index (χ2n) is 5.16. The summed E-state index contributed by atoms with van der Waals surface area (Å²) in [4.78, 5) is 23.5. The maximum absolute atomic E-state index is 12.2. The molecule has 0 saturated carbocycles. The summed E-state index contributed by atoms with van der Waals surface area (Å²) in [5.74, 6) is 0.343. The van der Waals surface area contributed by atoms with E-state index in [1.165, 1.54) is 17.6 Å². The van der Waals surface area contributed by atoms with Crippen molar-refractivity contribution >= 4 is 49.4 Å². The fourth-order valence-corrected chi connectivity index (χ4v) is 3.90. The van der Waals surface area contributed by atoms with Gasteiger partial charge < -0.3 is 10.1 Å². The molecule has 1 aromatic carbocycles. The molecule has 3 heterocycles. The van der Waals surface area contributed by atoms with E-state index in [0.29, 0.717) is 27.3 Å². The lowest BCUT2D eigenvalue weighted by Gasteiger charge is -2.16. The van der Waals surface area contributed by atoms with Gasteiger partial charge in [0.15, 0.2) is 5.82 Å². The molecule has 0 radical (unpaired) electrons. The molecule has 0 spiro atoms. The smallest absolute Gasteiger partial charge is 0.269 e. The summed E-state index contributed by atoms with van der Waals surface area (Å²) >= 11 is 4.69. The lowest BCUT2D eigenvalue weighted by Crippen LogP contribution is -2.22. The fourth-order valence-electron chi connectivity index (χ4n) is 2.48. The minimum Gasteiger partial charge on any atom is -0.376 e. The molecule has 3 aromatic rings. The molecule has 4 rings (SSSR count). The molecule has 23 heavy (non-hydrogen) atoms. The molecule has 1 aliphatic rings. The van der Waals surface area contributed by atoms with Gasteiger partial charge in [0.2, 0.25) is 0 Å². The van der Waals surface area contributed by atoms with E-state index in [1.54, 1.807) is 12.1 Å². The number of aromatic amines is 1. The van der Waals surface area contributed by atoms with E-state index in [4.69, 9.17) is 0 Å². The highest BCUT2D eigenvalue weighted by Gasteiger charge is 2.30. The van der Waals surface area contributed by atoms with E-state index in [9.17, 15) is 9.90 Å². The molecule has 2 aromatic heterocycles. The highest BCUT2D eigenvalue weighted by atomic mass is 79.9. The van der Waals surface area contributed by atoms with Crippen LogP contribution in [-0.4, -0.2) is 21.3 Å². The Bertz CT molecular complexity index is 1020. The first-order valence-corrected chi connectivity index (χ1v) is 8.42. The predicted octanol–water partition coefficient (Wildman–Crippen LogP) is 3.06. The second-order valence-corrected chi connectivity index (χ2v) is 7.59. The van der Waals surface area contributed by atoms with Gasteiger partial charge in [-0.1, -0.05) is 30.3 Å². The Labute approximate surface area is 143 Å². The molecule has 1 atom stereocenters. The van der Waals surface area contributed by atoms with E-state index in [-0.39, 0.29) is 5.56 Å². The average Bonchev–Trinajstić information content (AvgIpc) is 3.12. The van der Waals surface area contributed by atoms with Gasteiger partial charge in [-0.2, -0.15) is 0 Å². The van der Waals surface area contributed by atoms with Crippen molar-refractivity contribution in [3.05, 3.63) is 68.0 Å². The number of hydrogen-bond donors (Lipinski definition) is 2. The highest BCUT2D eigenvalue weighted by Crippen LogP contribution is 2.32. The van der Waals surface area contributed by atoms with Gasteiger partial charge in [-0.3, -0.25) is 9.79 Å². The Kier molecular flexibility index (Phi) is 3.29. The summed E-state index contributed by atoms with van der Waals surface area (Å²) in [6.07, 6.45) is 3.04. The number of rotatable bonds is 2. The third-order valence-corrected chi connectivity index (χ3v) is 5.21. The molecule has 114 valence electrons. The van der Waals surface area contributed by atoms with Crippen molar-refractivity contribution in [3.63, 3.8) is 0 Å². The van der Waals surface area contributed by atoms with Crippen LogP contribution >= 0.6 is 27.3 Å². The first-order valence-electron chi connectivity index (χ1n) is 6.81. The minimum absolute atomic E-state index is 0.216. The monoisotopic (exact) mass is 387 g/mol. The summed E-state index contributed by atoms with van der Waals surface area (Å²) in [5.41, 5.74) is 0.247.